The van der Waals surface area contributed by atoms with Crippen molar-refractivity contribution in [2.24, 2.45) is 5.92 Å². The zero-order valence-corrected chi connectivity index (χ0v) is 11.1. The SMILES string of the molecule is CC1CCN(C(=O)c2ccc(C#CCCO)cn2)C1. The van der Waals surface area contributed by atoms with Gasteiger partial charge >= 0.3 is 0 Å². The Bertz CT molecular complexity index is 499. The summed E-state index contributed by atoms with van der Waals surface area (Å²) >= 11 is 0. The van der Waals surface area contributed by atoms with Gasteiger partial charge in [-0.25, -0.2) is 4.98 Å². The Hall–Kier alpha value is -1.86. The monoisotopic (exact) mass is 258 g/mol. The normalized spacial score (nSPS) is 18.0. The molecular weight excluding hydrogens is 240 g/mol. The number of amides is 1. The predicted octanol–water partition coefficient (Wildman–Crippen LogP) is 1.30. The van der Waals surface area contributed by atoms with Crippen molar-refractivity contribution < 1.29 is 9.90 Å². The second-order valence-corrected chi connectivity index (χ2v) is 4.85. The first-order valence-corrected chi connectivity index (χ1v) is 6.55. The van der Waals surface area contributed by atoms with Crippen LogP contribution in [0.25, 0.3) is 0 Å². The molecule has 1 aromatic heterocycles. The third-order valence-electron chi connectivity index (χ3n) is 3.16. The van der Waals surface area contributed by atoms with Crippen molar-refractivity contribution in [1.29, 1.82) is 0 Å². The summed E-state index contributed by atoms with van der Waals surface area (Å²) in [5, 5.41) is 8.64. The van der Waals surface area contributed by atoms with Crippen LogP contribution >= 0.6 is 0 Å². The maximum Gasteiger partial charge on any atom is 0.272 e. The highest BCUT2D eigenvalue weighted by Crippen LogP contribution is 2.17. The van der Waals surface area contributed by atoms with E-state index in [9.17, 15) is 4.79 Å². The Morgan fingerprint density at radius 3 is 3.00 bits per heavy atom. The van der Waals surface area contributed by atoms with Gasteiger partial charge in [0.2, 0.25) is 0 Å². The summed E-state index contributed by atoms with van der Waals surface area (Å²) in [6, 6.07) is 3.51. The number of carbonyl (C=O) groups excluding carboxylic acids is 1. The molecule has 1 fully saturated rings. The van der Waals surface area contributed by atoms with E-state index in [-0.39, 0.29) is 12.5 Å². The molecule has 2 heterocycles. The minimum Gasteiger partial charge on any atom is -0.395 e. The molecule has 0 spiro atoms. The van der Waals surface area contributed by atoms with Crippen molar-refractivity contribution in [2.45, 2.75) is 19.8 Å². The topological polar surface area (TPSA) is 53.4 Å². The minimum absolute atomic E-state index is 0.000725. The van der Waals surface area contributed by atoms with Gasteiger partial charge in [-0.2, -0.15) is 0 Å². The number of hydrogen-bond acceptors (Lipinski definition) is 3. The Balaban J connectivity index is 2.02. The van der Waals surface area contributed by atoms with Crippen molar-refractivity contribution in [1.82, 2.24) is 9.88 Å². The lowest BCUT2D eigenvalue weighted by molar-refractivity contribution is 0.0782. The summed E-state index contributed by atoms with van der Waals surface area (Å²) in [6.45, 7) is 3.85. The Labute approximate surface area is 113 Å². The fourth-order valence-corrected chi connectivity index (χ4v) is 2.10. The Morgan fingerprint density at radius 2 is 2.42 bits per heavy atom. The number of carbonyl (C=O) groups is 1. The molecule has 1 aromatic rings. The first-order valence-electron chi connectivity index (χ1n) is 6.55. The fourth-order valence-electron chi connectivity index (χ4n) is 2.10. The molecule has 1 aliphatic heterocycles. The largest absolute Gasteiger partial charge is 0.395 e. The summed E-state index contributed by atoms with van der Waals surface area (Å²) < 4.78 is 0. The summed E-state index contributed by atoms with van der Waals surface area (Å²) in [7, 11) is 0. The van der Waals surface area contributed by atoms with Gasteiger partial charge in [-0.15, -0.1) is 0 Å². The molecule has 1 aliphatic rings. The van der Waals surface area contributed by atoms with Crippen molar-refractivity contribution in [2.75, 3.05) is 19.7 Å². The molecule has 0 aliphatic carbocycles. The Morgan fingerprint density at radius 1 is 1.58 bits per heavy atom. The molecule has 1 saturated heterocycles. The molecule has 0 bridgehead atoms. The smallest absolute Gasteiger partial charge is 0.272 e. The average molecular weight is 258 g/mol. The number of aliphatic hydroxyl groups excluding tert-OH is 1. The zero-order chi connectivity index (χ0) is 13.7. The van der Waals surface area contributed by atoms with Gasteiger partial charge in [0.1, 0.15) is 5.69 Å². The molecule has 1 amide bonds. The highest BCUT2D eigenvalue weighted by Gasteiger charge is 2.24. The molecule has 100 valence electrons. The number of rotatable bonds is 2. The lowest BCUT2D eigenvalue weighted by Gasteiger charge is -2.14. The molecule has 4 nitrogen and oxygen atoms in total. The van der Waals surface area contributed by atoms with Gasteiger partial charge in [0, 0.05) is 31.3 Å². The van der Waals surface area contributed by atoms with E-state index in [4.69, 9.17) is 5.11 Å². The number of nitrogens with zero attached hydrogens (tertiary/aromatic N) is 2. The van der Waals surface area contributed by atoms with Gasteiger partial charge in [0.15, 0.2) is 0 Å². The van der Waals surface area contributed by atoms with Crippen LogP contribution in [0.3, 0.4) is 0 Å². The van der Waals surface area contributed by atoms with E-state index >= 15 is 0 Å². The molecule has 4 heteroatoms. The van der Waals surface area contributed by atoms with E-state index < -0.39 is 0 Å². The van der Waals surface area contributed by atoms with Crippen molar-refractivity contribution in [3.8, 4) is 11.8 Å². The molecule has 0 radical (unpaired) electrons. The highest BCUT2D eigenvalue weighted by molar-refractivity contribution is 5.92. The molecule has 0 saturated carbocycles. The van der Waals surface area contributed by atoms with Crippen LogP contribution in [0.15, 0.2) is 18.3 Å². The number of aliphatic hydroxyl groups is 1. The van der Waals surface area contributed by atoms with E-state index in [1.54, 1.807) is 18.3 Å². The number of pyridine rings is 1. The van der Waals surface area contributed by atoms with Crippen molar-refractivity contribution in [3.05, 3.63) is 29.6 Å². The fraction of sp³-hybridized carbons (Fsp3) is 0.467. The maximum atomic E-state index is 12.2. The van der Waals surface area contributed by atoms with Crippen molar-refractivity contribution >= 4 is 5.91 Å². The molecule has 1 atom stereocenters. The summed E-state index contributed by atoms with van der Waals surface area (Å²) in [5.74, 6) is 6.29. The predicted molar refractivity (Wildman–Crippen MR) is 72.5 cm³/mol. The third kappa shape index (κ3) is 3.55. The van der Waals surface area contributed by atoms with Crippen LogP contribution in [0, 0.1) is 17.8 Å². The van der Waals surface area contributed by atoms with Crippen LogP contribution < -0.4 is 0 Å². The lowest BCUT2D eigenvalue weighted by Crippen LogP contribution is -2.29. The summed E-state index contributed by atoms with van der Waals surface area (Å²) in [6.07, 6.45) is 3.12. The molecular formula is C15H18N2O2. The van der Waals surface area contributed by atoms with Crippen LogP contribution in [-0.2, 0) is 0 Å². The second-order valence-electron chi connectivity index (χ2n) is 4.85. The van der Waals surface area contributed by atoms with Gasteiger partial charge in [-0.1, -0.05) is 18.8 Å². The zero-order valence-electron chi connectivity index (χ0n) is 11.1. The van der Waals surface area contributed by atoms with Gasteiger partial charge in [-0.3, -0.25) is 4.79 Å². The molecule has 0 aromatic carbocycles. The van der Waals surface area contributed by atoms with Crippen LogP contribution in [0.1, 0.15) is 35.8 Å². The van der Waals surface area contributed by atoms with Gasteiger partial charge in [0.05, 0.1) is 6.61 Å². The van der Waals surface area contributed by atoms with Crippen LogP contribution in [0.5, 0.6) is 0 Å². The van der Waals surface area contributed by atoms with Crippen molar-refractivity contribution in [3.63, 3.8) is 0 Å². The van der Waals surface area contributed by atoms with E-state index in [1.165, 1.54) is 0 Å². The van der Waals surface area contributed by atoms with Crippen LogP contribution in [0.4, 0.5) is 0 Å². The second kappa shape index (κ2) is 6.35. The molecule has 1 N–H and O–H groups in total. The number of hydrogen-bond donors (Lipinski definition) is 1. The Kier molecular flexibility index (Phi) is 4.53. The minimum atomic E-state index is -0.000725. The van der Waals surface area contributed by atoms with E-state index in [0.717, 1.165) is 25.1 Å². The average Bonchev–Trinajstić information content (AvgIpc) is 2.86. The first-order chi connectivity index (χ1) is 9.20. The summed E-state index contributed by atoms with van der Waals surface area (Å²) in [5.41, 5.74) is 1.24. The van der Waals surface area contributed by atoms with Gasteiger partial charge in [0.25, 0.3) is 5.91 Å². The lowest BCUT2D eigenvalue weighted by atomic mass is 10.2. The van der Waals surface area contributed by atoms with Crippen LogP contribution in [-0.4, -0.2) is 40.6 Å². The maximum absolute atomic E-state index is 12.2. The van der Waals surface area contributed by atoms with E-state index in [0.29, 0.717) is 18.0 Å². The molecule has 1 unspecified atom stereocenters. The standard InChI is InChI=1S/C15H18N2O2/c1-12-7-8-17(11-12)15(19)14-6-5-13(10-16-14)4-2-3-9-18/h5-6,10,12,18H,3,7-9,11H2,1H3. The van der Waals surface area contributed by atoms with Gasteiger partial charge in [-0.05, 0) is 24.5 Å². The molecule has 2 rings (SSSR count). The third-order valence-corrected chi connectivity index (χ3v) is 3.16. The number of aromatic nitrogens is 1. The molecule has 19 heavy (non-hydrogen) atoms. The first kappa shape index (κ1) is 13.6. The quantitative estimate of drug-likeness (QED) is 0.813. The van der Waals surface area contributed by atoms with Crippen LogP contribution in [0.2, 0.25) is 0 Å². The van der Waals surface area contributed by atoms with E-state index in [1.807, 2.05) is 4.90 Å². The van der Waals surface area contributed by atoms with E-state index in [2.05, 4.69) is 23.7 Å². The van der Waals surface area contributed by atoms with Gasteiger partial charge < -0.3 is 10.0 Å². The highest BCUT2D eigenvalue weighted by atomic mass is 16.2. The number of likely N-dealkylation sites (tertiary alicyclic amines) is 1. The summed E-state index contributed by atoms with van der Waals surface area (Å²) in [4.78, 5) is 18.2.